The minimum atomic E-state index is -1.05. The van der Waals surface area contributed by atoms with Gasteiger partial charge in [-0.1, -0.05) is 6.07 Å². The number of nitrogens with one attached hydrogen (secondary N) is 1. The zero-order chi connectivity index (χ0) is 13.2. The van der Waals surface area contributed by atoms with Gasteiger partial charge in [-0.15, -0.1) is 11.3 Å². The molecule has 0 aliphatic carbocycles. The molecule has 2 aromatic heterocycles. The molecule has 0 aliphatic rings. The Balaban J connectivity index is 1.98. The minimum Gasteiger partial charge on any atom is -0.383 e. The van der Waals surface area contributed by atoms with E-state index in [2.05, 4.69) is 10.4 Å². The maximum absolute atomic E-state index is 11.8. The summed E-state index contributed by atoms with van der Waals surface area (Å²) in [5, 5.41) is 18.8. The fourth-order valence-corrected chi connectivity index (χ4v) is 2.35. The molecule has 96 valence electrons. The van der Waals surface area contributed by atoms with E-state index >= 15 is 0 Å². The summed E-state index contributed by atoms with van der Waals surface area (Å²) < 4.78 is 1.56. The van der Waals surface area contributed by atoms with Crippen molar-refractivity contribution in [3.05, 3.63) is 40.3 Å². The number of amides is 1. The van der Waals surface area contributed by atoms with Crippen LogP contribution < -0.4 is 5.32 Å². The van der Waals surface area contributed by atoms with Crippen molar-refractivity contribution in [1.82, 2.24) is 15.1 Å². The minimum absolute atomic E-state index is 0.168. The number of hydrogen-bond acceptors (Lipinski definition) is 4. The fraction of sp³-hybridized carbons (Fsp3) is 0.333. The maximum atomic E-state index is 11.8. The Hall–Kier alpha value is -1.66. The van der Waals surface area contributed by atoms with Crippen molar-refractivity contribution in [3.63, 3.8) is 0 Å². The number of aryl methyl sites for hydroxylation is 1. The summed E-state index contributed by atoms with van der Waals surface area (Å²) in [6.45, 7) is 1.85. The van der Waals surface area contributed by atoms with Gasteiger partial charge in [0.25, 0.3) is 5.91 Å². The van der Waals surface area contributed by atoms with Crippen molar-refractivity contribution in [2.45, 2.75) is 12.5 Å². The predicted octanol–water partition coefficient (Wildman–Crippen LogP) is 1.12. The SMILES string of the molecule is Cn1cc(C(=O)NCC(C)(O)c2cccs2)cn1. The third-order valence-electron chi connectivity index (χ3n) is 2.61. The van der Waals surface area contributed by atoms with E-state index < -0.39 is 5.60 Å². The van der Waals surface area contributed by atoms with Gasteiger partial charge in [0.15, 0.2) is 0 Å². The van der Waals surface area contributed by atoms with Gasteiger partial charge in [0.1, 0.15) is 5.60 Å². The average Bonchev–Trinajstić information content (AvgIpc) is 2.96. The Kier molecular flexibility index (Phi) is 3.49. The molecule has 2 aromatic rings. The molecular formula is C12H15N3O2S. The van der Waals surface area contributed by atoms with Gasteiger partial charge < -0.3 is 10.4 Å². The third kappa shape index (κ3) is 2.77. The molecule has 0 aromatic carbocycles. The van der Waals surface area contributed by atoms with E-state index in [0.29, 0.717) is 5.56 Å². The number of aromatic nitrogens is 2. The van der Waals surface area contributed by atoms with Crippen LogP contribution in [0.25, 0.3) is 0 Å². The Morgan fingerprint density at radius 3 is 3.00 bits per heavy atom. The summed E-state index contributed by atoms with van der Waals surface area (Å²) >= 11 is 1.46. The Morgan fingerprint density at radius 2 is 2.44 bits per heavy atom. The second-order valence-electron chi connectivity index (χ2n) is 4.34. The number of rotatable bonds is 4. The van der Waals surface area contributed by atoms with E-state index in [-0.39, 0.29) is 12.5 Å². The lowest BCUT2D eigenvalue weighted by molar-refractivity contribution is 0.0557. The van der Waals surface area contributed by atoms with E-state index in [1.165, 1.54) is 17.5 Å². The summed E-state index contributed by atoms with van der Waals surface area (Å²) in [6.07, 6.45) is 3.13. The largest absolute Gasteiger partial charge is 0.383 e. The monoisotopic (exact) mass is 265 g/mol. The highest BCUT2D eigenvalue weighted by Crippen LogP contribution is 2.24. The molecule has 6 heteroatoms. The van der Waals surface area contributed by atoms with Gasteiger partial charge in [-0.25, -0.2) is 0 Å². The lowest BCUT2D eigenvalue weighted by Crippen LogP contribution is -2.38. The first kappa shape index (κ1) is 12.8. The smallest absolute Gasteiger partial charge is 0.254 e. The molecule has 1 atom stereocenters. The van der Waals surface area contributed by atoms with Crippen LogP contribution in [-0.2, 0) is 12.6 Å². The van der Waals surface area contributed by atoms with Gasteiger partial charge in [0, 0.05) is 18.1 Å². The van der Waals surface area contributed by atoms with E-state index in [1.807, 2.05) is 17.5 Å². The van der Waals surface area contributed by atoms with Crippen LogP contribution in [0.3, 0.4) is 0 Å². The van der Waals surface area contributed by atoms with Crippen molar-refractivity contribution in [2.75, 3.05) is 6.54 Å². The van der Waals surface area contributed by atoms with Crippen LogP contribution in [-0.4, -0.2) is 27.3 Å². The van der Waals surface area contributed by atoms with Gasteiger partial charge in [-0.05, 0) is 18.4 Å². The second-order valence-corrected chi connectivity index (χ2v) is 5.28. The quantitative estimate of drug-likeness (QED) is 0.870. The molecule has 1 unspecified atom stereocenters. The summed E-state index contributed by atoms with van der Waals surface area (Å²) in [7, 11) is 1.75. The lowest BCUT2D eigenvalue weighted by atomic mass is 10.1. The zero-order valence-corrected chi connectivity index (χ0v) is 11.1. The second kappa shape index (κ2) is 4.91. The van der Waals surface area contributed by atoms with E-state index in [0.717, 1.165) is 4.88 Å². The highest BCUT2D eigenvalue weighted by molar-refractivity contribution is 7.10. The third-order valence-corrected chi connectivity index (χ3v) is 3.74. The molecule has 18 heavy (non-hydrogen) atoms. The summed E-state index contributed by atoms with van der Waals surface area (Å²) in [4.78, 5) is 12.6. The van der Waals surface area contributed by atoms with Gasteiger partial charge in [0.05, 0.1) is 18.3 Å². The van der Waals surface area contributed by atoms with Crippen LogP contribution in [0.1, 0.15) is 22.2 Å². The van der Waals surface area contributed by atoms with Crippen LogP contribution in [0.2, 0.25) is 0 Å². The Morgan fingerprint density at radius 1 is 1.67 bits per heavy atom. The number of hydrogen-bond donors (Lipinski definition) is 2. The number of carbonyl (C=O) groups excluding carboxylic acids is 1. The number of carbonyl (C=O) groups is 1. The highest BCUT2D eigenvalue weighted by atomic mass is 32.1. The molecule has 2 heterocycles. The molecule has 0 saturated heterocycles. The van der Waals surface area contributed by atoms with Crippen LogP contribution in [0.5, 0.6) is 0 Å². The van der Waals surface area contributed by atoms with Crippen molar-refractivity contribution < 1.29 is 9.90 Å². The first-order valence-electron chi connectivity index (χ1n) is 5.52. The molecule has 0 spiro atoms. The van der Waals surface area contributed by atoms with Crippen LogP contribution in [0.15, 0.2) is 29.9 Å². The van der Waals surface area contributed by atoms with Crippen molar-refractivity contribution in [2.24, 2.45) is 7.05 Å². The first-order valence-corrected chi connectivity index (χ1v) is 6.40. The van der Waals surface area contributed by atoms with E-state index in [1.54, 1.807) is 24.9 Å². The van der Waals surface area contributed by atoms with Crippen molar-refractivity contribution >= 4 is 17.2 Å². The van der Waals surface area contributed by atoms with Crippen LogP contribution in [0, 0.1) is 0 Å². The van der Waals surface area contributed by atoms with Crippen molar-refractivity contribution in [1.29, 1.82) is 0 Å². The molecule has 5 nitrogen and oxygen atoms in total. The molecule has 0 fully saturated rings. The summed E-state index contributed by atoms with van der Waals surface area (Å²) in [5.74, 6) is -0.236. The maximum Gasteiger partial charge on any atom is 0.254 e. The topological polar surface area (TPSA) is 67.2 Å². The molecule has 0 radical (unpaired) electrons. The number of thiophene rings is 1. The standard InChI is InChI=1S/C12H15N3O2S/c1-12(17,10-4-3-5-18-10)8-13-11(16)9-6-14-15(2)7-9/h3-7,17H,8H2,1-2H3,(H,13,16). The first-order chi connectivity index (χ1) is 8.49. The molecule has 2 rings (SSSR count). The molecule has 2 N–H and O–H groups in total. The Bertz CT molecular complexity index is 531. The number of aliphatic hydroxyl groups is 1. The predicted molar refractivity (Wildman–Crippen MR) is 69.4 cm³/mol. The highest BCUT2D eigenvalue weighted by Gasteiger charge is 2.25. The molecule has 1 amide bonds. The zero-order valence-electron chi connectivity index (χ0n) is 10.3. The van der Waals surface area contributed by atoms with Gasteiger partial charge in [-0.3, -0.25) is 9.48 Å². The average molecular weight is 265 g/mol. The van der Waals surface area contributed by atoms with Gasteiger partial charge in [0.2, 0.25) is 0 Å². The fourth-order valence-electron chi connectivity index (χ4n) is 1.57. The summed E-state index contributed by atoms with van der Waals surface area (Å²) in [6, 6.07) is 3.72. The summed E-state index contributed by atoms with van der Waals surface area (Å²) in [5.41, 5.74) is -0.564. The van der Waals surface area contributed by atoms with E-state index in [4.69, 9.17) is 0 Å². The molecule has 0 aliphatic heterocycles. The number of nitrogens with zero attached hydrogens (tertiary/aromatic N) is 2. The molecule has 0 bridgehead atoms. The van der Waals surface area contributed by atoms with Gasteiger partial charge in [-0.2, -0.15) is 5.10 Å². The van der Waals surface area contributed by atoms with Crippen LogP contribution in [0.4, 0.5) is 0 Å². The molecular weight excluding hydrogens is 250 g/mol. The Labute approximate surface area is 109 Å². The van der Waals surface area contributed by atoms with Crippen molar-refractivity contribution in [3.8, 4) is 0 Å². The molecule has 0 saturated carbocycles. The lowest BCUT2D eigenvalue weighted by Gasteiger charge is -2.22. The van der Waals surface area contributed by atoms with Gasteiger partial charge >= 0.3 is 0 Å². The van der Waals surface area contributed by atoms with Crippen LogP contribution >= 0.6 is 11.3 Å². The van der Waals surface area contributed by atoms with E-state index in [9.17, 15) is 9.90 Å². The normalized spacial score (nSPS) is 14.2.